The third-order valence-corrected chi connectivity index (χ3v) is 8.65. The maximum atomic E-state index is 12.5. The quantitative estimate of drug-likeness (QED) is 0.120. The molecule has 50 heavy (non-hydrogen) atoms. The average molecular weight is 850 g/mol. The minimum Gasteiger partial charge on any atom is -0.463 e. The van der Waals surface area contributed by atoms with Crippen molar-refractivity contribution in [2.75, 3.05) is 30.5 Å². The first kappa shape index (κ1) is 43.3. The van der Waals surface area contributed by atoms with E-state index in [4.69, 9.17) is 52.1 Å². The van der Waals surface area contributed by atoms with Gasteiger partial charge in [0.2, 0.25) is 0 Å². The SMILES string of the molecule is CC(=O)OC[C@H]1O[C@@H](O[C@@H]2[C@H](OC(C)=O)[C@@H](OC(C)=O)[C@@H](OCC(CBr)CBr)O[C@@H]2COC(C)=O)[C@H](OC(C)=O)[C@@H](OC(C)=O)[C@H]1OC(C)=O. The lowest BCUT2D eigenvalue weighted by atomic mass is 9.96. The Hall–Kier alpha value is -2.91. The van der Waals surface area contributed by atoms with Crippen molar-refractivity contribution in [1.29, 1.82) is 0 Å². The summed E-state index contributed by atoms with van der Waals surface area (Å²) in [5, 5.41) is 1.03. The fourth-order valence-electron chi connectivity index (χ4n) is 4.97. The molecule has 10 atom stereocenters. The van der Waals surface area contributed by atoms with Gasteiger partial charge in [0.15, 0.2) is 43.1 Å². The molecule has 0 aromatic rings. The van der Waals surface area contributed by atoms with Crippen LogP contribution in [0.5, 0.6) is 0 Å². The van der Waals surface area contributed by atoms with Crippen LogP contribution in [0.25, 0.3) is 0 Å². The zero-order chi connectivity index (χ0) is 37.7. The topological polar surface area (TPSA) is 221 Å². The standard InChI is InChI=1S/C30H42Br2O18/c1-13(33)40-11-21-23(43-15(3)35)25(44-16(4)36)28(47-19(7)39)30(49-21)50-24-22(12-41-14(2)34)48-29(42-10-20(8-31)9-32)27(46-18(6)38)26(24)45-17(5)37/h20-30H,8-12H2,1-7H3/t21-,22-,23+,24+,25+,26+,27-,28-,29+,30+/m1/s1. The number of hydrogen-bond donors (Lipinski definition) is 0. The number of rotatable bonds is 16. The first-order valence-corrected chi connectivity index (χ1v) is 17.5. The van der Waals surface area contributed by atoms with Crippen molar-refractivity contribution in [1.82, 2.24) is 0 Å². The van der Waals surface area contributed by atoms with Crippen LogP contribution in [0, 0.1) is 5.92 Å². The van der Waals surface area contributed by atoms with Gasteiger partial charge in [-0.05, 0) is 0 Å². The minimum atomic E-state index is -1.77. The average Bonchev–Trinajstić information content (AvgIpc) is 2.99. The smallest absolute Gasteiger partial charge is 0.303 e. The summed E-state index contributed by atoms with van der Waals surface area (Å²) in [6.45, 7) is 6.55. The highest BCUT2D eigenvalue weighted by molar-refractivity contribution is 9.09. The summed E-state index contributed by atoms with van der Waals surface area (Å²) < 4.78 is 62.3. The van der Waals surface area contributed by atoms with Gasteiger partial charge in [0.05, 0.1) is 6.61 Å². The third-order valence-electron chi connectivity index (χ3n) is 6.82. The molecule has 2 saturated heterocycles. The number of hydrogen-bond acceptors (Lipinski definition) is 18. The molecule has 0 aromatic carbocycles. The zero-order valence-corrected chi connectivity index (χ0v) is 31.7. The largest absolute Gasteiger partial charge is 0.463 e. The van der Waals surface area contributed by atoms with E-state index in [0.29, 0.717) is 10.7 Å². The number of esters is 7. The molecule has 0 bridgehead atoms. The van der Waals surface area contributed by atoms with Crippen LogP contribution in [0.3, 0.4) is 0 Å². The van der Waals surface area contributed by atoms with Gasteiger partial charge in [0.25, 0.3) is 0 Å². The van der Waals surface area contributed by atoms with Crippen LogP contribution in [0.2, 0.25) is 0 Å². The van der Waals surface area contributed by atoms with Crippen molar-refractivity contribution >= 4 is 73.6 Å². The second-order valence-electron chi connectivity index (χ2n) is 11.2. The van der Waals surface area contributed by atoms with Gasteiger partial charge in [-0.1, -0.05) is 31.9 Å². The molecule has 0 amide bonds. The Bertz CT molecular complexity index is 1210. The molecule has 2 aliphatic rings. The van der Waals surface area contributed by atoms with Gasteiger partial charge in [-0.3, -0.25) is 33.6 Å². The van der Waals surface area contributed by atoms with Crippen molar-refractivity contribution in [3.8, 4) is 0 Å². The third kappa shape index (κ3) is 13.7. The number of alkyl halides is 2. The van der Waals surface area contributed by atoms with Crippen LogP contribution >= 0.6 is 31.9 Å². The second-order valence-corrected chi connectivity index (χ2v) is 12.5. The molecule has 2 rings (SSSR count). The van der Waals surface area contributed by atoms with Crippen molar-refractivity contribution in [3.63, 3.8) is 0 Å². The maximum absolute atomic E-state index is 12.5. The lowest BCUT2D eigenvalue weighted by molar-refractivity contribution is -0.361. The molecule has 0 unspecified atom stereocenters. The molecule has 2 fully saturated rings. The van der Waals surface area contributed by atoms with Crippen LogP contribution in [0.15, 0.2) is 0 Å². The van der Waals surface area contributed by atoms with E-state index in [1.54, 1.807) is 0 Å². The molecule has 0 spiro atoms. The van der Waals surface area contributed by atoms with E-state index in [9.17, 15) is 33.6 Å². The van der Waals surface area contributed by atoms with E-state index < -0.39 is 116 Å². The molecule has 0 aromatic heterocycles. The highest BCUT2D eigenvalue weighted by atomic mass is 79.9. The molecule has 0 saturated carbocycles. The Morgan fingerprint density at radius 1 is 0.500 bits per heavy atom. The van der Waals surface area contributed by atoms with E-state index in [1.807, 2.05) is 0 Å². The molecular weight excluding hydrogens is 808 g/mol. The Balaban J connectivity index is 2.72. The lowest BCUT2D eigenvalue weighted by Gasteiger charge is -2.48. The van der Waals surface area contributed by atoms with Crippen molar-refractivity contribution in [2.45, 2.75) is 110 Å². The molecule has 0 N–H and O–H groups in total. The van der Waals surface area contributed by atoms with E-state index >= 15 is 0 Å². The van der Waals surface area contributed by atoms with Crippen LogP contribution in [0.1, 0.15) is 48.5 Å². The number of carbonyl (C=O) groups excluding carboxylic acids is 7. The molecule has 0 aliphatic carbocycles. The summed E-state index contributed by atoms with van der Waals surface area (Å²) in [5.74, 6) is -5.85. The minimum absolute atomic E-state index is 0.0667. The summed E-state index contributed by atoms with van der Waals surface area (Å²) in [4.78, 5) is 85.3. The first-order chi connectivity index (χ1) is 23.5. The van der Waals surface area contributed by atoms with E-state index in [-0.39, 0.29) is 12.5 Å². The van der Waals surface area contributed by atoms with Crippen LogP contribution in [0.4, 0.5) is 0 Å². The fraction of sp³-hybridized carbons (Fsp3) is 0.767. The molecule has 0 radical (unpaired) electrons. The first-order valence-electron chi connectivity index (χ1n) is 15.3. The van der Waals surface area contributed by atoms with Crippen molar-refractivity contribution in [2.24, 2.45) is 5.92 Å². The molecule has 284 valence electrons. The zero-order valence-electron chi connectivity index (χ0n) is 28.5. The van der Waals surface area contributed by atoms with E-state index in [2.05, 4.69) is 31.9 Å². The highest BCUT2D eigenvalue weighted by Gasteiger charge is 2.57. The summed E-state index contributed by atoms with van der Waals surface area (Å²) >= 11 is 6.76. The number of carbonyl (C=O) groups is 7. The fourth-order valence-corrected chi connectivity index (χ4v) is 6.41. The predicted molar refractivity (Wildman–Crippen MR) is 170 cm³/mol. The number of ether oxygens (including phenoxy) is 11. The van der Waals surface area contributed by atoms with Crippen LogP contribution in [-0.2, 0) is 85.7 Å². The summed E-state index contributed by atoms with van der Waals surface area (Å²) in [7, 11) is 0. The number of halogens is 2. The predicted octanol–water partition coefficient (Wildman–Crippen LogP) is 1.03. The normalized spacial score (nSPS) is 29.2. The highest BCUT2D eigenvalue weighted by Crippen LogP contribution is 2.35. The molecule has 20 heteroatoms. The molecular formula is C30H42Br2O18. The Labute approximate surface area is 304 Å². The van der Waals surface area contributed by atoms with E-state index in [1.165, 1.54) is 0 Å². The van der Waals surface area contributed by atoms with Crippen molar-refractivity contribution in [3.05, 3.63) is 0 Å². The van der Waals surface area contributed by atoms with Gasteiger partial charge in [0, 0.05) is 65.0 Å². The molecule has 2 heterocycles. The van der Waals surface area contributed by atoms with Gasteiger partial charge >= 0.3 is 41.8 Å². The van der Waals surface area contributed by atoms with Crippen LogP contribution in [-0.4, -0.2) is 134 Å². The maximum Gasteiger partial charge on any atom is 0.303 e. The monoisotopic (exact) mass is 848 g/mol. The van der Waals surface area contributed by atoms with Gasteiger partial charge < -0.3 is 52.1 Å². The van der Waals surface area contributed by atoms with E-state index in [0.717, 1.165) is 48.5 Å². The van der Waals surface area contributed by atoms with Gasteiger partial charge in [0.1, 0.15) is 31.5 Å². The summed E-state index contributed by atoms with van der Waals surface area (Å²) in [6, 6.07) is 0. The van der Waals surface area contributed by atoms with Crippen LogP contribution < -0.4 is 0 Å². The van der Waals surface area contributed by atoms with Gasteiger partial charge in [-0.15, -0.1) is 0 Å². The second kappa shape index (κ2) is 20.8. The molecule has 18 nitrogen and oxygen atoms in total. The Morgan fingerprint density at radius 3 is 1.28 bits per heavy atom. The summed E-state index contributed by atoms with van der Waals surface area (Å²) in [5.41, 5.74) is 0. The Kier molecular flexibility index (Phi) is 18.0. The Morgan fingerprint density at radius 2 is 0.860 bits per heavy atom. The van der Waals surface area contributed by atoms with Gasteiger partial charge in [-0.25, -0.2) is 0 Å². The lowest BCUT2D eigenvalue weighted by Crippen LogP contribution is -2.67. The van der Waals surface area contributed by atoms with Gasteiger partial charge in [-0.2, -0.15) is 0 Å². The summed E-state index contributed by atoms with van der Waals surface area (Å²) in [6.07, 6.45) is -15.2. The van der Waals surface area contributed by atoms with Crippen molar-refractivity contribution < 1.29 is 85.7 Å². The molecule has 2 aliphatic heterocycles.